The molecule has 124 valence electrons. The molecule has 1 aliphatic heterocycles. The summed E-state index contributed by atoms with van der Waals surface area (Å²) >= 11 is 0. The number of rotatable bonds is 4. The van der Waals surface area contributed by atoms with E-state index in [9.17, 15) is 14.3 Å². The topological polar surface area (TPSA) is 76.4 Å². The maximum atomic E-state index is 13.8. The van der Waals surface area contributed by atoms with E-state index in [1.54, 1.807) is 4.90 Å². The molecule has 5 nitrogen and oxygen atoms in total. The summed E-state index contributed by atoms with van der Waals surface area (Å²) in [5.74, 6) is -0.492. The molecule has 0 atom stereocenters. The molecule has 1 heterocycles. The number of urea groups is 1. The number of nitriles is 1. The van der Waals surface area contributed by atoms with E-state index in [-0.39, 0.29) is 30.2 Å². The van der Waals surface area contributed by atoms with E-state index < -0.39 is 5.82 Å². The van der Waals surface area contributed by atoms with Crippen molar-refractivity contribution >= 4 is 6.03 Å². The zero-order valence-electron chi connectivity index (χ0n) is 13.3. The molecule has 0 spiro atoms. The van der Waals surface area contributed by atoms with Crippen molar-refractivity contribution in [3.63, 3.8) is 0 Å². The largest absolute Gasteiger partial charge is 0.396 e. The van der Waals surface area contributed by atoms with Gasteiger partial charge in [0.15, 0.2) is 0 Å². The van der Waals surface area contributed by atoms with Gasteiger partial charge in [-0.15, -0.1) is 0 Å². The molecule has 0 aromatic heterocycles. The number of hydrogen-bond acceptors (Lipinski definition) is 3. The Kier molecular flexibility index (Phi) is 5.56. The van der Waals surface area contributed by atoms with Crippen LogP contribution in [-0.2, 0) is 6.54 Å². The van der Waals surface area contributed by atoms with Crippen LogP contribution in [0.5, 0.6) is 0 Å². The van der Waals surface area contributed by atoms with Crippen LogP contribution < -0.4 is 5.32 Å². The molecule has 6 heteroatoms. The van der Waals surface area contributed by atoms with Crippen molar-refractivity contribution in [2.45, 2.75) is 32.7 Å². The van der Waals surface area contributed by atoms with Gasteiger partial charge in [-0.05, 0) is 36.8 Å². The highest BCUT2D eigenvalue weighted by Gasteiger charge is 2.33. The van der Waals surface area contributed by atoms with Crippen LogP contribution in [0.25, 0.3) is 0 Å². The average Bonchev–Trinajstić information content (AvgIpc) is 2.60. The fourth-order valence-corrected chi connectivity index (χ4v) is 2.85. The number of amides is 2. The Hall–Kier alpha value is -2.13. The van der Waals surface area contributed by atoms with Crippen molar-refractivity contribution in [1.29, 1.82) is 5.26 Å². The lowest BCUT2D eigenvalue weighted by molar-refractivity contribution is 0.0519. The Morgan fingerprint density at radius 2 is 2.17 bits per heavy atom. The van der Waals surface area contributed by atoms with E-state index >= 15 is 0 Å². The Morgan fingerprint density at radius 1 is 1.48 bits per heavy atom. The summed E-state index contributed by atoms with van der Waals surface area (Å²) in [5.41, 5.74) is 0.539. The van der Waals surface area contributed by atoms with Crippen molar-refractivity contribution < 1.29 is 14.3 Å². The quantitative estimate of drug-likeness (QED) is 0.894. The lowest BCUT2D eigenvalue weighted by atomic mass is 9.77. The predicted octanol–water partition coefficient (Wildman–Crippen LogP) is 2.39. The molecule has 0 radical (unpaired) electrons. The monoisotopic (exact) mass is 319 g/mol. The van der Waals surface area contributed by atoms with E-state index in [0.717, 1.165) is 19.3 Å². The molecule has 2 N–H and O–H groups in total. The van der Waals surface area contributed by atoms with Gasteiger partial charge in [-0.1, -0.05) is 13.0 Å². The molecule has 0 saturated carbocycles. The fourth-order valence-electron chi connectivity index (χ4n) is 2.85. The van der Waals surface area contributed by atoms with Gasteiger partial charge in [-0.3, -0.25) is 0 Å². The van der Waals surface area contributed by atoms with Gasteiger partial charge in [-0.2, -0.15) is 5.26 Å². The fraction of sp³-hybridized carbons (Fsp3) is 0.529. The summed E-state index contributed by atoms with van der Waals surface area (Å²) in [4.78, 5) is 13.9. The molecular formula is C17H22FN3O2. The zero-order valence-corrected chi connectivity index (χ0v) is 13.3. The number of nitrogens with zero attached hydrogens (tertiary/aromatic N) is 2. The first-order valence-corrected chi connectivity index (χ1v) is 7.86. The van der Waals surface area contributed by atoms with Gasteiger partial charge in [0.2, 0.25) is 0 Å². The molecule has 2 rings (SSSR count). The van der Waals surface area contributed by atoms with Crippen molar-refractivity contribution in [3.8, 4) is 6.07 Å². The third kappa shape index (κ3) is 3.99. The van der Waals surface area contributed by atoms with Crippen LogP contribution in [0.2, 0.25) is 0 Å². The lowest BCUT2D eigenvalue weighted by Crippen LogP contribution is -2.48. The molecule has 1 aromatic rings. The second kappa shape index (κ2) is 7.42. The Balaban J connectivity index is 1.88. The smallest absolute Gasteiger partial charge is 0.317 e. The highest BCUT2D eigenvalue weighted by Crippen LogP contribution is 2.34. The molecule has 2 amide bonds. The van der Waals surface area contributed by atoms with E-state index in [0.29, 0.717) is 18.7 Å². The summed E-state index contributed by atoms with van der Waals surface area (Å²) in [6, 6.07) is 5.86. The van der Waals surface area contributed by atoms with E-state index in [4.69, 9.17) is 5.26 Å². The van der Waals surface area contributed by atoms with E-state index in [2.05, 4.69) is 12.2 Å². The van der Waals surface area contributed by atoms with Crippen LogP contribution in [0, 0.1) is 22.6 Å². The van der Waals surface area contributed by atoms with Crippen molar-refractivity contribution in [3.05, 3.63) is 35.1 Å². The number of hydrogen-bond donors (Lipinski definition) is 2. The number of aliphatic hydroxyl groups is 1. The molecule has 0 bridgehead atoms. The maximum absolute atomic E-state index is 13.8. The second-order valence-electron chi connectivity index (χ2n) is 6.08. The standard InChI is InChI=1S/C17H22FN3O2/c1-2-17(12-22)5-7-21(8-6-17)16(23)20-11-14-4-3-13(10-19)9-15(14)18/h3-4,9,22H,2,5-8,11-12H2,1H3,(H,20,23). The zero-order chi connectivity index (χ0) is 16.9. The van der Waals surface area contributed by atoms with Gasteiger partial charge < -0.3 is 15.3 Å². The minimum Gasteiger partial charge on any atom is -0.396 e. The molecule has 1 aromatic carbocycles. The summed E-state index contributed by atoms with van der Waals surface area (Å²) in [6.07, 6.45) is 2.45. The molecule has 1 fully saturated rings. The van der Waals surface area contributed by atoms with E-state index in [1.165, 1.54) is 18.2 Å². The van der Waals surface area contributed by atoms with E-state index in [1.807, 2.05) is 6.07 Å². The van der Waals surface area contributed by atoms with Crippen molar-refractivity contribution in [2.75, 3.05) is 19.7 Å². The second-order valence-corrected chi connectivity index (χ2v) is 6.08. The van der Waals surface area contributed by atoms with Crippen LogP contribution in [0.3, 0.4) is 0 Å². The van der Waals surface area contributed by atoms with Crippen LogP contribution in [-0.4, -0.2) is 35.7 Å². The molecular weight excluding hydrogens is 297 g/mol. The van der Waals surface area contributed by atoms with Crippen LogP contribution in [0.1, 0.15) is 37.3 Å². The number of piperidine rings is 1. The predicted molar refractivity (Wildman–Crippen MR) is 84.0 cm³/mol. The van der Waals surface area contributed by atoms with Crippen LogP contribution >= 0.6 is 0 Å². The third-order valence-electron chi connectivity index (χ3n) is 4.81. The van der Waals surface area contributed by atoms with Gasteiger partial charge in [0.25, 0.3) is 0 Å². The van der Waals surface area contributed by atoms with Gasteiger partial charge >= 0.3 is 6.03 Å². The van der Waals surface area contributed by atoms with Crippen LogP contribution in [0.15, 0.2) is 18.2 Å². The summed E-state index contributed by atoms with van der Waals surface area (Å²) in [7, 11) is 0. The van der Waals surface area contributed by atoms with Crippen molar-refractivity contribution in [2.24, 2.45) is 5.41 Å². The summed E-state index contributed by atoms with van der Waals surface area (Å²) in [5, 5.41) is 20.9. The molecule has 1 saturated heterocycles. The normalized spacial score (nSPS) is 16.7. The Labute approximate surface area is 135 Å². The first-order valence-electron chi connectivity index (χ1n) is 7.86. The average molecular weight is 319 g/mol. The number of carbonyl (C=O) groups is 1. The van der Waals surface area contributed by atoms with Crippen LogP contribution in [0.4, 0.5) is 9.18 Å². The Morgan fingerprint density at radius 3 is 2.70 bits per heavy atom. The summed E-state index contributed by atoms with van der Waals surface area (Å²) < 4.78 is 13.8. The number of aliphatic hydroxyl groups excluding tert-OH is 1. The number of nitrogens with one attached hydrogen (secondary N) is 1. The summed E-state index contributed by atoms with van der Waals surface area (Å²) in [6.45, 7) is 3.48. The minimum atomic E-state index is -0.492. The SMILES string of the molecule is CCC1(CO)CCN(C(=O)NCc2ccc(C#N)cc2F)CC1. The number of likely N-dealkylation sites (tertiary alicyclic amines) is 1. The maximum Gasteiger partial charge on any atom is 0.317 e. The van der Waals surface area contributed by atoms with Crippen molar-refractivity contribution in [1.82, 2.24) is 10.2 Å². The first-order chi connectivity index (χ1) is 11.0. The highest BCUT2D eigenvalue weighted by atomic mass is 19.1. The number of carbonyl (C=O) groups excluding carboxylic acids is 1. The third-order valence-corrected chi connectivity index (χ3v) is 4.81. The Bertz CT molecular complexity index is 598. The number of benzene rings is 1. The molecule has 0 aliphatic carbocycles. The molecule has 1 aliphatic rings. The highest BCUT2D eigenvalue weighted by molar-refractivity contribution is 5.74. The van der Waals surface area contributed by atoms with Gasteiger partial charge in [0.1, 0.15) is 5.82 Å². The lowest BCUT2D eigenvalue weighted by Gasteiger charge is -2.40. The first kappa shape index (κ1) is 17.2. The van der Waals surface area contributed by atoms with Gasteiger partial charge in [0, 0.05) is 31.8 Å². The number of halogens is 1. The van der Waals surface area contributed by atoms with Gasteiger partial charge in [-0.25, -0.2) is 9.18 Å². The molecule has 0 unspecified atom stereocenters. The van der Waals surface area contributed by atoms with Gasteiger partial charge in [0.05, 0.1) is 11.6 Å². The molecule has 23 heavy (non-hydrogen) atoms. The minimum absolute atomic E-state index is 0.0734.